The van der Waals surface area contributed by atoms with Gasteiger partial charge in [-0.05, 0) is 67.9 Å². The number of amides is 2. The molecule has 29 heavy (non-hydrogen) atoms. The third-order valence-corrected chi connectivity index (χ3v) is 4.19. The summed E-state index contributed by atoms with van der Waals surface area (Å²) in [5.74, 6) is 0.384. The van der Waals surface area contributed by atoms with E-state index in [1.165, 1.54) is 0 Å². The van der Waals surface area contributed by atoms with Crippen LogP contribution < -0.4 is 20.3 Å². The predicted molar refractivity (Wildman–Crippen MR) is 112 cm³/mol. The van der Waals surface area contributed by atoms with E-state index in [4.69, 9.17) is 9.47 Å². The molecule has 6 heteroatoms. The summed E-state index contributed by atoms with van der Waals surface area (Å²) in [6.45, 7) is 5.48. The van der Waals surface area contributed by atoms with Crippen molar-refractivity contribution in [3.8, 4) is 11.5 Å². The Kier molecular flexibility index (Phi) is 6.34. The molecule has 0 heterocycles. The van der Waals surface area contributed by atoms with Crippen LogP contribution in [0.25, 0.3) is 10.8 Å². The Morgan fingerprint density at radius 1 is 0.759 bits per heavy atom. The molecule has 0 spiro atoms. The molecule has 0 saturated heterocycles. The van der Waals surface area contributed by atoms with E-state index in [9.17, 15) is 9.59 Å². The first kappa shape index (κ1) is 20.2. The van der Waals surface area contributed by atoms with E-state index in [1.54, 1.807) is 31.2 Å². The predicted octanol–water partition coefficient (Wildman–Crippen LogP) is 3.86. The molecular weight excluding hydrogens is 368 g/mol. The Hall–Kier alpha value is -3.54. The van der Waals surface area contributed by atoms with Gasteiger partial charge in [0.05, 0.1) is 6.10 Å². The first-order valence-electron chi connectivity index (χ1n) is 9.45. The van der Waals surface area contributed by atoms with Crippen molar-refractivity contribution < 1.29 is 19.1 Å². The maximum absolute atomic E-state index is 12.3. The average Bonchev–Trinajstić information content (AvgIpc) is 2.71. The molecule has 1 atom stereocenters. The number of hydrogen-bond acceptors (Lipinski definition) is 4. The molecule has 3 aromatic carbocycles. The van der Waals surface area contributed by atoms with E-state index in [0.717, 1.165) is 10.8 Å². The van der Waals surface area contributed by atoms with Gasteiger partial charge in [-0.15, -0.1) is 0 Å². The van der Waals surface area contributed by atoms with Crippen molar-refractivity contribution in [3.05, 3.63) is 72.3 Å². The van der Waals surface area contributed by atoms with E-state index < -0.39 is 17.9 Å². The minimum Gasteiger partial charge on any atom is -0.491 e. The molecule has 0 aliphatic heterocycles. The van der Waals surface area contributed by atoms with Crippen molar-refractivity contribution in [3.63, 3.8) is 0 Å². The number of rotatable bonds is 6. The summed E-state index contributed by atoms with van der Waals surface area (Å²) in [7, 11) is 0. The molecule has 0 aliphatic carbocycles. The fourth-order valence-electron chi connectivity index (χ4n) is 2.75. The summed E-state index contributed by atoms with van der Waals surface area (Å²) >= 11 is 0. The zero-order chi connectivity index (χ0) is 20.8. The summed E-state index contributed by atoms with van der Waals surface area (Å²) in [5, 5.41) is 2.12. The van der Waals surface area contributed by atoms with Gasteiger partial charge in [-0.3, -0.25) is 20.4 Å². The maximum Gasteiger partial charge on any atom is 0.279 e. The number of nitrogens with one attached hydrogen (secondary N) is 2. The Bertz CT molecular complexity index is 999. The van der Waals surface area contributed by atoms with Gasteiger partial charge in [-0.25, -0.2) is 0 Å². The standard InChI is InChI=1S/C23H24N2O4/c1-15(2)28-20-11-9-18(10-12-20)23(27)25-24-22(26)16(3)29-21-13-8-17-6-4-5-7-19(17)14-21/h4-16H,1-3H3,(H,24,26)(H,25,27). The van der Waals surface area contributed by atoms with Gasteiger partial charge < -0.3 is 9.47 Å². The SMILES string of the molecule is CC(C)Oc1ccc(C(=O)NNC(=O)C(C)Oc2ccc3ccccc3c2)cc1. The first-order chi connectivity index (χ1) is 13.9. The number of fused-ring (bicyclic) bond motifs is 1. The van der Waals surface area contributed by atoms with Crippen LogP contribution in [0.1, 0.15) is 31.1 Å². The molecule has 1 unspecified atom stereocenters. The van der Waals surface area contributed by atoms with Crippen LogP contribution in [0, 0.1) is 0 Å². The molecule has 150 valence electrons. The Labute approximate surface area is 169 Å². The van der Waals surface area contributed by atoms with Crippen molar-refractivity contribution in [1.82, 2.24) is 10.9 Å². The fraction of sp³-hybridized carbons (Fsp3) is 0.217. The first-order valence-corrected chi connectivity index (χ1v) is 9.45. The number of carbonyl (C=O) groups is 2. The second kappa shape index (κ2) is 9.10. The van der Waals surface area contributed by atoms with Crippen LogP contribution in [0.2, 0.25) is 0 Å². The molecule has 0 saturated carbocycles. The molecule has 0 aromatic heterocycles. The van der Waals surface area contributed by atoms with E-state index in [-0.39, 0.29) is 6.10 Å². The molecule has 2 N–H and O–H groups in total. The zero-order valence-corrected chi connectivity index (χ0v) is 16.6. The summed E-state index contributed by atoms with van der Waals surface area (Å²) in [4.78, 5) is 24.5. The molecule has 2 amide bonds. The number of hydrazine groups is 1. The van der Waals surface area contributed by atoms with Gasteiger partial charge in [0.15, 0.2) is 6.10 Å². The third kappa shape index (κ3) is 5.48. The maximum atomic E-state index is 12.3. The second-order valence-corrected chi connectivity index (χ2v) is 6.90. The fourth-order valence-corrected chi connectivity index (χ4v) is 2.75. The molecule has 6 nitrogen and oxygen atoms in total. The lowest BCUT2D eigenvalue weighted by atomic mass is 10.1. The number of hydrogen-bond donors (Lipinski definition) is 2. The van der Waals surface area contributed by atoms with E-state index in [1.807, 2.05) is 56.3 Å². The number of carbonyl (C=O) groups excluding carboxylic acids is 2. The molecule has 0 fully saturated rings. The van der Waals surface area contributed by atoms with E-state index in [2.05, 4.69) is 10.9 Å². The third-order valence-electron chi connectivity index (χ3n) is 4.19. The highest BCUT2D eigenvalue weighted by molar-refractivity contribution is 5.95. The van der Waals surface area contributed by atoms with Crippen LogP contribution in [0.5, 0.6) is 11.5 Å². The monoisotopic (exact) mass is 392 g/mol. The van der Waals surface area contributed by atoms with Crippen LogP contribution in [0.3, 0.4) is 0 Å². The summed E-state index contributed by atoms with van der Waals surface area (Å²) in [6, 6.07) is 20.2. The van der Waals surface area contributed by atoms with Gasteiger partial charge in [-0.1, -0.05) is 30.3 Å². The minimum absolute atomic E-state index is 0.0538. The molecular formula is C23H24N2O4. The summed E-state index contributed by atoms with van der Waals surface area (Å²) in [5.41, 5.74) is 5.19. The van der Waals surface area contributed by atoms with Crippen molar-refractivity contribution in [1.29, 1.82) is 0 Å². The molecule has 0 aliphatic rings. The quantitative estimate of drug-likeness (QED) is 0.625. The largest absolute Gasteiger partial charge is 0.491 e. The number of ether oxygens (including phenoxy) is 2. The lowest BCUT2D eigenvalue weighted by Gasteiger charge is -2.16. The van der Waals surface area contributed by atoms with Crippen LogP contribution in [0.4, 0.5) is 0 Å². The van der Waals surface area contributed by atoms with Gasteiger partial charge in [0, 0.05) is 5.56 Å². The van der Waals surface area contributed by atoms with Gasteiger partial charge in [0.25, 0.3) is 11.8 Å². The highest BCUT2D eigenvalue weighted by Gasteiger charge is 2.16. The lowest BCUT2D eigenvalue weighted by molar-refractivity contribution is -0.128. The van der Waals surface area contributed by atoms with Crippen molar-refractivity contribution >= 4 is 22.6 Å². The van der Waals surface area contributed by atoms with Gasteiger partial charge in [0.1, 0.15) is 11.5 Å². The second-order valence-electron chi connectivity index (χ2n) is 6.90. The topological polar surface area (TPSA) is 76.7 Å². The van der Waals surface area contributed by atoms with Gasteiger partial charge in [-0.2, -0.15) is 0 Å². The van der Waals surface area contributed by atoms with Crippen molar-refractivity contribution in [2.75, 3.05) is 0 Å². The van der Waals surface area contributed by atoms with Crippen LogP contribution in [0.15, 0.2) is 66.7 Å². The Balaban J connectivity index is 1.53. The van der Waals surface area contributed by atoms with Crippen LogP contribution >= 0.6 is 0 Å². The normalized spacial score (nSPS) is 11.7. The average molecular weight is 392 g/mol. The van der Waals surface area contributed by atoms with Crippen molar-refractivity contribution in [2.24, 2.45) is 0 Å². The molecule has 3 rings (SSSR count). The molecule has 0 radical (unpaired) electrons. The van der Waals surface area contributed by atoms with E-state index in [0.29, 0.717) is 17.1 Å². The Morgan fingerprint density at radius 3 is 2.10 bits per heavy atom. The van der Waals surface area contributed by atoms with E-state index >= 15 is 0 Å². The van der Waals surface area contributed by atoms with Crippen molar-refractivity contribution in [2.45, 2.75) is 33.0 Å². The summed E-state index contributed by atoms with van der Waals surface area (Å²) < 4.78 is 11.2. The van der Waals surface area contributed by atoms with Gasteiger partial charge in [0.2, 0.25) is 0 Å². The van der Waals surface area contributed by atoms with Gasteiger partial charge >= 0.3 is 0 Å². The Morgan fingerprint density at radius 2 is 1.41 bits per heavy atom. The highest BCUT2D eigenvalue weighted by atomic mass is 16.5. The highest BCUT2D eigenvalue weighted by Crippen LogP contribution is 2.21. The molecule has 3 aromatic rings. The number of benzene rings is 3. The molecule has 0 bridgehead atoms. The zero-order valence-electron chi connectivity index (χ0n) is 16.6. The van der Waals surface area contributed by atoms with Crippen LogP contribution in [-0.4, -0.2) is 24.0 Å². The minimum atomic E-state index is -0.779. The summed E-state index contributed by atoms with van der Waals surface area (Å²) in [6.07, 6.45) is -0.726. The smallest absolute Gasteiger partial charge is 0.279 e. The van der Waals surface area contributed by atoms with Crippen LogP contribution in [-0.2, 0) is 4.79 Å². The lowest BCUT2D eigenvalue weighted by Crippen LogP contribution is -2.47.